The van der Waals surface area contributed by atoms with Gasteiger partial charge in [0.25, 0.3) is 0 Å². The smallest absolute Gasteiger partial charge is 0.246 e. The maximum atomic E-state index is 11.6. The van der Waals surface area contributed by atoms with Crippen LogP contribution in [-0.2, 0) is 11.4 Å². The molecule has 1 aliphatic heterocycles. The molecule has 0 aromatic heterocycles. The zero-order valence-corrected chi connectivity index (χ0v) is 8.66. The third-order valence-corrected chi connectivity index (χ3v) is 2.61. The van der Waals surface area contributed by atoms with Crippen LogP contribution in [-0.4, -0.2) is 24.1 Å². The van der Waals surface area contributed by atoms with Gasteiger partial charge in [0.15, 0.2) is 0 Å². The average Bonchev–Trinajstić information content (AvgIpc) is 2.28. The summed E-state index contributed by atoms with van der Waals surface area (Å²) in [6.45, 7) is 2.84. The standard InChI is InChI=1S/C11H14N2O2/c1-2-13-10(15)6-12-9-5-3-4-8(7-14)11(9)13/h3-5,12,14H,2,6-7H2,1H3. The molecule has 0 spiro atoms. The van der Waals surface area contributed by atoms with E-state index >= 15 is 0 Å². The number of likely N-dealkylation sites (N-methyl/N-ethyl adjacent to an activating group) is 1. The molecular formula is C11H14N2O2. The summed E-state index contributed by atoms with van der Waals surface area (Å²) in [6, 6.07) is 5.63. The Balaban J connectivity index is 2.54. The van der Waals surface area contributed by atoms with Gasteiger partial charge in [-0.15, -0.1) is 0 Å². The van der Waals surface area contributed by atoms with E-state index in [1.54, 1.807) is 4.90 Å². The van der Waals surface area contributed by atoms with E-state index in [9.17, 15) is 9.90 Å². The third kappa shape index (κ3) is 1.57. The van der Waals surface area contributed by atoms with Crippen LogP contribution in [0.5, 0.6) is 0 Å². The van der Waals surface area contributed by atoms with Crippen molar-refractivity contribution in [3.05, 3.63) is 23.8 Å². The SMILES string of the molecule is CCN1C(=O)CNc2cccc(CO)c21. The predicted molar refractivity (Wildman–Crippen MR) is 58.9 cm³/mol. The predicted octanol–water partition coefficient (Wildman–Crippen LogP) is 0.957. The average molecular weight is 206 g/mol. The Labute approximate surface area is 88.5 Å². The number of hydrogen-bond donors (Lipinski definition) is 2. The fraction of sp³-hybridized carbons (Fsp3) is 0.364. The number of carbonyl (C=O) groups is 1. The van der Waals surface area contributed by atoms with E-state index in [2.05, 4.69) is 5.32 Å². The lowest BCUT2D eigenvalue weighted by Gasteiger charge is -2.30. The molecule has 2 rings (SSSR count). The summed E-state index contributed by atoms with van der Waals surface area (Å²) in [5.41, 5.74) is 2.52. The number of nitrogens with one attached hydrogen (secondary N) is 1. The van der Waals surface area contributed by atoms with Crippen LogP contribution in [0.15, 0.2) is 18.2 Å². The molecule has 1 aromatic rings. The first-order chi connectivity index (χ1) is 7.27. The number of aliphatic hydroxyl groups is 1. The Hall–Kier alpha value is -1.55. The topological polar surface area (TPSA) is 52.6 Å². The van der Waals surface area contributed by atoms with Crippen LogP contribution in [0.2, 0.25) is 0 Å². The molecule has 1 aromatic carbocycles. The van der Waals surface area contributed by atoms with Gasteiger partial charge < -0.3 is 15.3 Å². The Kier molecular flexibility index (Phi) is 2.60. The summed E-state index contributed by atoms with van der Waals surface area (Å²) in [6.07, 6.45) is 0. The maximum Gasteiger partial charge on any atom is 0.246 e. The molecule has 0 fully saturated rings. The van der Waals surface area contributed by atoms with Gasteiger partial charge in [-0.3, -0.25) is 4.79 Å². The molecule has 0 saturated heterocycles. The van der Waals surface area contributed by atoms with Gasteiger partial charge in [0, 0.05) is 12.1 Å². The number of rotatable bonds is 2. The molecule has 0 radical (unpaired) electrons. The van der Waals surface area contributed by atoms with Crippen LogP contribution in [0.3, 0.4) is 0 Å². The van der Waals surface area contributed by atoms with E-state index < -0.39 is 0 Å². The minimum absolute atomic E-state index is 0.0470. The van der Waals surface area contributed by atoms with Crippen molar-refractivity contribution in [2.45, 2.75) is 13.5 Å². The highest BCUT2D eigenvalue weighted by Crippen LogP contribution is 2.32. The van der Waals surface area contributed by atoms with Gasteiger partial charge in [-0.1, -0.05) is 12.1 Å². The lowest BCUT2D eigenvalue weighted by atomic mass is 10.1. The Morgan fingerprint density at radius 1 is 1.53 bits per heavy atom. The zero-order chi connectivity index (χ0) is 10.8. The summed E-state index contributed by atoms with van der Waals surface area (Å²) in [4.78, 5) is 13.3. The number of fused-ring (bicyclic) bond motifs is 1. The van der Waals surface area contributed by atoms with Crippen molar-refractivity contribution < 1.29 is 9.90 Å². The van der Waals surface area contributed by atoms with Crippen LogP contribution in [0.25, 0.3) is 0 Å². The minimum atomic E-state index is -0.0470. The monoisotopic (exact) mass is 206 g/mol. The van der Waals surface area contributed by atoms with Gasteiger partial charge in [-0.25, -0.2) is 0 Å². The van der Waals surface area contributed by atoms with Crippen molar-refractivity contribution in [1.29, 1.82) is 0 Å². The zero-order valence-electron chi connectivity index (χ0n) is 8.66. The molecule has 0 atom stereocenters. The Bertz CT molecular complexity index is 376. The number of aliphatic hydroxyl groups excluding tert-OH is 1. The van der Waals surface area contributed by atoms with Crippen LogP contribution < -0.4 is 10.2 Å². The number of nitrogens with zero attached hydrogens (tertiary/aromatic N) is 1. The van der Waals surface area contributed by atoms with Crippen molar-refractivity contribution in [2.24, 2.45) is 0 Å². The largest absolute Gasteiger partial charge is 0.392 e. The number of benzene rings is 1. The van der Waals surface area contributed by atoms with Crippen LogP contribution in [0, 0.1) is 0 Å². The normalized spacial score (nSPS) is 14.8. The molecule has 1 amide bonds. The molecule has 0 aliphatic carbocycles. The molecule has 80 valence electrons. The first-order valence-electron chi connectivity index (χ1n) is 5.05. The van der Waals surface area contributed by atoms with Gasteiger partial charge in [-0.2, -0.15) is 0 Å². The number of carbonyl (C=O) groups excluding carboxylic acids is 1. The minimum Gasteiger partial charge on any atom is -0.392 e. The van der Waals surface area contributed by atoms with Crippen LogP contribution >= 0.6 is 0 Å². The highest BCUT2D eigenvalue weighted by atomic mass is 16.3. The fourth-order valence-electron chi connectivity index (χ4n) is 1.91. The molecular weight excluding hydrogens is 192 g/mol. The molecule has 0 bridgehead atoms. The maximum absolute atomic E-state index is 11.6. The molecule has 1 heterocycles. The first kappa shape index (κ1) is 9.98. The number of amides is 1. The van der Waals surface area contributed by atoms with Crippen molar-refractivity contribution >= 4 is 17.3 Å². The first-order valence-corrected chi connectivity index (χ1v) is 5.05. The molecule has 4 heteroatoms. The van der Waals surface area contributed by atoms with Crippen LogP contribution in [0.1, 0.15) is 12.5 Å². The lowest BCUT2D eigenvalue weighted by Crippen LogP contribution is -2.40. The third-order valence-electron chi connectivity index (χ3n) is 2.61. The fourth-order valence-corrected chi connectivity index (χ4v) is 1.91. The van der Waals surface area contributed by atoms with Gasteiger partial charge in [0.05, 0.1) is 24.5 Å². The van der Waals surface area contributed by atoms with E-state index in [-0.39, 0.29) is 12.5 Å². The highest BCUT2D eigenvalue weighted by molar-refractivity contribution is 6.03. The van der Waals surface area contributed by atoms with Crippen molar-refractivity contribution in [3.63, 3.8) is 0 Å². The molecule has 4 nitrogen and oxygen atoms in total. The van der Waals surface area contributed by atoms with E-state index in [0.717, 1.165) is 16.9 Å². The van der Waals surface area contributed by atoms with E-state index in [0.29, 0.717) is 13.1 Å². The highest BCUT2D eigenvalue weighted by Gasteiger charge is 2.24. The molecule has 1 aliphatic rings. The van der Waals surface area contributed by atoms with Gasteiger partial charge in [0.1, 0.15) is 0 Å². The van der Waals surface area contributed by atoms with Crippen molar-refractivity contribution in [1.82, 2.24) is 0 Å². The molecule has 2 N–H and O–H groups in total. The van der Waals surface area contributed by atoms with E-state index in [1.165, 1.54) is 0 Å². The number of hydrogen-bond acceptors (Lipinski definition) is 3. The Morgan fingerprint density at radius 2 is 2.33 bits per heavy atom. The summed E-state index contributed by atoms with van der Waals surface area (Å²) in [5, 5.41) is 12.3. The summed E-state index contributed by atoms with van der Waals surface area (Å²) >= 11 is 0. The second-order valence-electron chi connectivity index (χ2n) is 3.46. The summed E-state index contributed by atoms with van der Waals surface area (Å²) in [7, 11) is 0. The summed E-state index contributed by atoms with van der Waals surface area (Å²) in [5.74, 6) is 0.0471. The van der Waals surface area contributed by atoms with Gasteiger partial charge in [0.2, 0.25) is 5.91 Å². The number of anilines is 2. The van der Waals surface area contributed by atoms with Crippen LogP contribution in [0.4, 0.5) is 11.4 Å². The van der Waals surface area contributed by atoms with E-state index in [1.807, 2.05) is 25.1 Å². The summed E-state index contributed by atoms with van der Waals surface area (Å²) < 4.78 is 0. The van der Waals surface area contributed by atoms with Crippen molar-refractivity contribution in [2.75, 3.05) is 23.3 Å². The number of para-hydroxylation sites is 1. The quantitative estimate of drug-likeness (QED) is 0.757. The molecule has 0 unspecified atom stereocenters. The molecule has 15 heavy (non-hydrogen) atoms. The van der Waals surface area contributed by atoms with E-state index in [4.69, 9.17) is 0 Å². The van der Waals surface area contributed by atoms with Crippen molar-refractivity contribution in [3.8, 4) is 0 Å². The molecule has 0 saturated carbocycles. The second kappa shape index (κ2) is 3.90. The van der Waals surface area contributed by atoms with Gasteiger partial charge >= 0.3 is 0 Å². The lowest BCUT2D eigenvalue weighted by molar-refractivity contribution is -0.117. The Morgan fingerprint density at radius 3 is 3.00 bits per heavy atom. The van der Waals surface area contributed by atoms with Gasteiger partial charge in [-0.05, 0) is 13.0 Å². The second-order valence-corrected chi connectivity index (χ2v) is 3.46.